The number of carboxylic acids is 1. The van der Waals surface area contributed by atoms with Crippen LogP contribution in [0.3, 0.4) is 0 Å². The molecular weight excluding hydrogens is 300 g/mol. The zero-order valence-electron chi connectivity index (χ0n) is 12.0. The summed E-state index contributed by atoms with van der Waals surface area (Å²) in [4.78, 5) is 42.2. The van der Waals surface area contributed by atoms with Crippen LogP contribution in [0.5, 0.6) is 0 Å². The number of carbonyl (C=O) groups is 4. The molecule has 0 aromatic rings. The lowest BCUT2D eigenvalue weighted by atomic mass is 9.95. The van der Waals surface area contributed by atoms with Crippen LogP contribution in [0, 0.1) is 5.41 Å². The molecular formula is C12H20N2O6S. The highest BCUT2D eigenvalue weighted by Crippen LogP contribution is 2.12. The van der Waals surface area contributed by atoms with E-state index in [0.717, 1.165) is 0 Å². The first-order chi connectivity index (χ1) is 9.48. The summed E-state index contributed by atoms with van der Waals surface area (Å²) in [5, 5.41) is 21.5. The summed E-state index contributed by atoms with van der Waals surface area (Å²) in [6.45, 7) is 5.17. The average molecular weight is 320 g/mol. The van der Waals surface area contributed by atoms with Crippen molar-refractivity contribution in [2.45, 2.75) is 39.3 Å². The predicted molar refractivity (Wildman–Crippen MR) is 76.6 cm³/mol. The van der Waals surface area contributed by atoms with Crippen LogP contribution < -0.4 is 10.6 Å². The number of aliphatic carboxylic acids is 1. The fourth-order valence-electron chi connectivity index (χ4n) is 1.10. The van der Waals surface area contributed by atoms with E-state index in [1.165, 1.54) is 0 Å². The normalized spacial score (nSPS) is 19.2. The van der Waals surface area contributed by atoms with Crippen molar-refractivity contribution in [2.75, 3.05) is 5.75 Å². The SMILES string of the molecule is CC(C)(C)C(=O)N[C@@H](CS)C(=O)O.O=C1CC(O)C(=O)N1. The molecule has 0 spiro atoms. The van der Waals surface area contributed by atoms with E-state index in [-0.39, 0.29) is 18.1 Å². The molecule has 1 saturated heterocycles. The van der Waals surface area contributed by atoms with E-state index < -0.39 is 35.3 Å². The summed E-state index contributed by atoms with van der Waals surface area (Å²) in [6, 6.07) is -0.907. The minimum Gasteiger partial charge on any atom is -0.480 e. The van der Waals surface area contributed by atoms with Gasteiger partial charge in [-0.3, -0.25) is 19.7 Å². The number of carbonyl (C=O) groups excluding carboxylic acids is 3. The summed E-state index contributed by atoms with van der Waals surface area (Å²) < 4.78 is 0. The second-order valence-electron chi connectivity index (χ2n) is 5.43. The van der Waals surface area contributed by atoms with E-state index in [0.29, 0.717) is 0 Å². The molecule has 4 N–H and O–H groups in total. The lowest BCUT2D eigenvalue weighted by Gasteiger charge is -2.20. The van der Waals surface area contributed by atoms with Gasteiger partial charge in [-0.05, 0) is 0 Å². The fraction of sp³-hybridized carbons (Fsp3) is 0.667. The molecule has 120 valence electrons. The van der Waals surface area contributed by atoms with Gasteiger partial charge in [-0.15, -0.1) is 0 Å². The van der Waals surface area contributed by atoms with Crippen molar-refractivity contribution < 1.29 is 29.4 Å². The molecule has 1 unspecified atom stereocenters. The average Bonchev–Trinajstić information content (AvgIpc) is 2.62. The fourth-order valence-corrected chi connectivity index (χ4v) is 1.35. The van der Waals surface area contributed by atoms with Crippen molar-refractivity contribution in [1.82, 2.24) is 10.6 Å². The lowest BCUT2D eigenvalue weighted by Crippen LogP contribution is -2.46. The van der Waals surface area contributed by atoms with E-state index in [2.05, 4.69) is 17.9 Å². The maximum Gasteiger partial charge on any atom is 0.327 e. The Morgan fingerprint density at radius 3 is 2.14 bits per heavy atom. The molecule has 0 aromatic carbocycles. The number of amides is 3. The van der Waals surface area contributed by atoms with Gasteiger partial charge in [-0.1, -0.05) is 20.8 Å². The molecule has 1 aliphatic heterocycles. The monoisotopic (exact) mass is 320 g/mol. The third-order valence-corrected chi connectivity index (χ3v) is 2.78. The predicted octanol–water partition coefficient (Wildman–Crippen LogP) is -1.07. The van der Waals surface area contributed by atoms with E-state index in [4.69, 9.17) is 10.2 Å². The smallest absolute Gasteiger partial charge is 0.327 e. The van der Waals surface area contributed by atoms with Crippen molar-refractivity contribution >= 4 is 36.3 Å². The van der Waals surface area contributed by atoms with Gasteiger partial charge in [0.25, 0.3) is 5.91 Å². The number of thiol groups is 1. The number of hydrogen-bond donors (Lipinski definition) is 5. The molecule has 1 rings (SSSR count). The van der Waals surface area contributed by atoms with Gasteiger partial charge in [0.2, 0.25) is 11.8 Å². The highest BCUT2D eigenvalue weighted by atomic mass is 32.1. The van der Waals surface area contributed by atoms with Gasteiger partial charge in [0, 0.05) is 11.2 Å². The largest absolute Gasteiger partial charge is 0.480 e. The van der Waals surface area contributed by atoms with E-state index in [1.54, 1.807) is 20.8 Å². The minimum absolute atomic E-state index is 0.0845. The van der Waals surface area contributed by atoms with E-state index in [9.17, 15) is 19.2 Å². The minimum atomic E-state index is -1.11. The molecule has 1 aliphatic rings. The summed E-state index contributed by atoms with van der Waals surface area (Å²) in [6.07, 6.45) is -1.19. The van der Waals surface area contributed by atoms with Gasteiger partial charge >= 0.3 is 5.97 Å². The summed E-state index contributed by atoms with van der Waals surface area (Å²) >= 11 is 3.83. The third kappa shape index (κ3) is 7.09. The molecule has 1 fully saturated rings. The third-order valence-electron chi connectivity index (χ3n) is 2.41. The van der Waals surface area contributed by atoms with Crippen molar-refractivity contribution in [2.24, 2.45) is 5.41 Å². The molecule has 0 aliphatic carbocycles. The van der Waals surface area contributed by atoms with E-state index in [1.807, 2.05) is 5.32 Å². The van der Waals surface area contributed by atoms with Crippen LogP contribution in [0.4, 0.5) is 0 Å². The van der Waals surface area contributed by atoms with Crippen LogP contribution in [0.2, 0.25) is 0 Å². The van der Waals surface area contributed by atoms with Crippen LogP contribution in [0.15, 0.2) is 0 Å². The molecule has 3 amide bonds. The van der Waals surface area contributed by atoms with Crippen molar-refractivity contribution in [3.63, 3.8) is 0 Å². The molecule has 0 aromatic heterocycles. The molecule has 9 heteroatoms. The molecule has 0 bridgehead atoms. The summed E-state index contributed by atoms with van der Waals surface area (Å²) in [7, 11) is 0. The molecule has 21 heavy (non-hydrogen) atoms. The van der Waals surface area contributed by atoms with Crippen LogP contribution in [0.25, 0.3) is 0 Å². The zero-order valence-corrected chi connectivity index (χ0v) is 12.9. The number of hydrogen-bond acceptors (Lipinski definition) is 6. The Hall–Kier alpha value is -1.61. The Morgan fingerprint density at radius 1 is 1.43 bits per heavy atom. The van der Waals surface area contributed by atoms with Crippen LogP contribution in [0.1, 0.15) is 27.2 Å². The maximum absolute atomic E-state index is 11.3. The second kappa shape index (κ2) is 7.99. The Kier molecular flexibility index (Phi) is 7.37. The lowest BCUT2D eigenvalue weighted by molar-refractivity contribution is -0.142. The van der Waals surface area contributed by atoms with Gasteiger partial charge in [-0.25, -0.2) is 4.79 Å². The van der Waals surface area contributed by atoms with Crippen LogP contribution in [-0.2, 0) is 19.2 Å². The Balaban J connectivity index is 0.000000423. The zero-order chi connectivity index (χ0) is 16.8. The standard InChI is InChI=1S/C8H15NO3S.C4H5NO3/c1-8(2,3)7(12)9-5(4-13)6(10)11;6-2-1-3(7)5-4(2)8/h5,13H,4H2,1-3H3,(H,9,12)(H,10,11);2,6H,1H2,(H,5,7,8)/t5-;/m0./s1. The highest BCUT2D eigenvalue weighted by molar-refractivity contribution is 7.80. The van der Waals surface area contributed by atoms with Gasteiger partial charge in [-0.2, -0.15) is 12.6 Å². The van der Waals surface area contributed by atoms with Crippen LogP contribution in [-0.4, -0.2) is 51.8 Å². The number of aliphatic hydroxyl groups excluding tert-OH is 1. The molecule has 1 heterocycles. The number of nitrogens with one attached hydrogen (secondary N) is 2. The quantitative estimate of drug-likeness (QED) is 0.332. The second-order valence-corrected chi connectivity index (χ2v) is 5.79. The first-order valence-corrected chi connectivity index (χ1v) is 6.78. The van der Waals surface area contributed by atoms with Gasteiger partial charge in [0.15, 0.2) is 0 Å². The number of rotatable bonds is 3. The Morgan fingerprint density at radius 2 is 1.95 bits per heavy atom. The molecule has 0 saturated carbocycles. The summed E-state index contributed by atoms with van der Waals surface area (Å²) in [5.41, 5.74) is -0.573. The Labute approximate surface area is 127 Å². The summed E-state index contributed by atoms with van der Waals surface area (Å²) in [5.74, 6) is -2.24. The van der Waals surface area contributed by atoms with Crippen LogP contribution >= 0.6 is 12.6 Å². The van der Waals surface area contributed by atoms with Crippen molar-refractivity contribution in [3.8, 4) is 0 Å². The topological polar surface area (TPSA) is 133 Å². The van der Waals surface area contributed by atoms with E-state index >= 15 is 0 Å². The number of carboxylic acid groups (broad SMARTS) is 1. The van der Waals surface area contributed by atoms with Gasteiger partial charge < -0.3 is 15.5 Å². The maximum atomic E-state index is 11.3. The molecule has 2 atom stereocenters. The van der Waals surface area contributed by atoms with Gasteiger partial charge in [0.05, 0.1) is 6.42 Å². The van der Waals surface area contributed by atoms with Crippen molar-refractivity contribution in [3.05, 3.63) is 0 Å². The first kappa shape index (κ1) is 19.4. The molecule has 8 nitrogen and oxygen atoms in total. The number of aliphatic hydroxyl groups is 1. The first-order valence-electron chi connectivity index (χ1n) is 6.15. The molecule has 0 radical (unpaired) electrons. The Bertz CT molecular complexity index is 432. The van der Waals surface area contributed by atoms with Crippen molar-refractivity contribution in [1.29, 1.82) is 0 Å². The number of imide groups is 1. The van der Waals surface area contributed by atoms with Gasteiger partial charge in [0.1, 0.15) is 12.1 Å². The highest BCUT2D eigenvalue weighted by Gasteiger charge is 2.27.